The van der Waals surface area contributed by atoms with Gasteiger partial charge in [0.1, 0.15) is 12.1 Å². The van der Waals surface area contributed by atoms with Gasteiger partial charge in [-0.1, -0.05) is 31.2 Å². The van der Waals surface area contributed by atoms with E-state index in [1.165, 1.54) is 0 Å². The molecule has 0 spiro atoms. The lowest BCUT2D eigenvalue weighted by molar-refractivity contribution is -0.137. The maximum atomic E-state index is 12.6. The summed E-state index contributed by atoms with van der Waals surface area (Å²) in [4.78, 5) is 25.0. The van der Waals surface area contributed by atoms with Crippen LogP contribution in [-0.4, -0.2) is 40.2 Å². The largest absolute Gasteiger partial charge is 0.396 e. The zero-order valence-corrected chi connectivity index (χ0v) is 16.7. The summed E-state index contributed by atoms with van der Waals surface area (Å²) in [5.74, 6) is -0.429. The fourth-order valence-corrected chi connectivity index (χ4v) is 3.67. The van der Waals surface area contributed by atoms with Crippen molar-refractivity contribution in [1.29, 1.82) is 0 Å². The van der Waals surface area contributed by atoms with Crippen molar-refractivity contribution in [2.45, 2.75) is 51.2 Å². The minimum atomic E-state index is -0.612. The Morgan fingerprint density at radius 2 is 1.86 bits per heavy atom. The van der Waals surface area contributed by atoms with Crippen molar-refractivity contribution in [3.8, 4) is 0 Å². The number of rotatable bonds is 7. The number of fused-ring (bicyclic) bond motifs is 1. The Kier molecular flexibility index (Phi) is 5.61. The summed E-state index contributed by atoms with van der Waals surface area (Å²) < 4.78 is 2.15. The molecule has 3 N–H and O–H groups in total. The second-order valence-corrected chi connectivity index (χ2v) is 8.25. The first kappa shape index (κ1) is 20.1. The van der Waals surface area contributed by atoms with Crippen molar-refractivity contribution in [2.75, 3.05) is 6.61 Å². The summed E-state index contributed by atoms with van der Waals surface area (Å²) >= 11 is 0. The van der Waals surface area contributed by atoms with E-state index in [2.05, 4.69) is 41.7 Å². The molecule has 1 aliphatic heterocycles. The molecule has 0 unspecified atom stereocenters. The molecule has 1 fully saturated rings. The number of hydrogen-bond donors (Lipinski definition) is 3. The number of benzene rings is 1. The highest BCUT2D eigenvalue weighted by Gasteiger charge is 2.35. The van der Waals surface area contributed by atoms with Crippen LogP contribution in [0, 0.1) is 5.92 Å². The summed E-state index contributed by atoms with van der Waals surface area (Å²) in [5, 5.41) is 15.9. The second kappa shape index (κ2) is 7.80. The van der Waals surface area contributed by atoms with Crippen LogP contribution in [0.1, 0.15) is 32.8 Å². The van der Waals surface area contributed by atoms with Crippen LogP contribution in [0.15, 0.2) is 43.1 Å². The monoisotopic (exact) mass is 383 g/mol. The highest BCUT2D eigenvalue weighted by molar-refractivity contribution is 5.97. The first-order chi connectivity index (χ1) is 13.3. The first-order valence-corrected chi connectivity index (χ1v) is 9.71. The number of hydrogen-bond acceptors (Lipinski definition) is 3. The van der Waals surface area contributed by atoms with Gasteiger partial charge in [-0.05, 0) is 37.8 Å². The lowest BCUT2D eigenvalue weighted by Gasteiger charge is -2.30. The van der Waals surface area contributed by atoms with Gasteiger partial charge in [0, 0.05) is 30.1 Å². The average molecular weight is 383 g/mol. The highest BCUT2D eigenvalue weighted by Crippen LogP contribution is 2.29. The second-order valence-electron chi connectivity index (χ2n) is 8.25. The van der Waals surface area contributed by atoms with Gasteiger partial charge in [-0.15, -0.1) is 6.58 Å². The van der Waals surface area contributed by atoms with E-state index < -0.39 is 12.1 Å². The van der Waals surface area contributed by atoms with Gasteiger partial charge in [0.2, 0.25) is 11.8 Å². The Bertz CT molecular complexity index is 900. The van der Waals surface area contributed by atoms with Crippen LogP contribution < -0.4 is 10.6 Å². The number of nitrogens with zero attached hydrogens (tertiary/aromatic N) is 1. The summed E-state index contributed by atoms with van der Waals surface area (Å²) in [7, 11) is 0. The van der Waals surface area contributed by atoms with Gasteiger partial charge in [0.15, 0.2) is 0 Å². The number of para-hydroxylation sites is 1. The molecule has 2 heterocycles. The van der Waals surface area contributed by atoms with E-state index in [1.807, 2.05) is 37.4 Å². The molecular formula is C22H29N3O3. The number of aliphatic hydroxyl groups is 1. The number of nitrogens with one attached hydrogen (secondary N) is 2. The first-order valence-electron chi connectivity index (χ1n) is 9.71. The molecule has 0 saturated carbocycles. The number of carbonyl (C=O) groups is 2. The molecule has 1 aromatic carbocycles. The number of amides is 2. The van der Waals surface area contributed by atoms with Crippen LogP contribution in [0.25, 0.3) is 10.9 Å². The fourth-order valence-electron chi connectivity index (χ4n) is 3.67. The number of allylic oxidation sites excluding steroid dienone is 1. The molecule has 0 bridgehead atoms. The zero-order chi connectivity index (χ0) is 20.5. The van der Waals surface area contributed by atoms with Gasteiger partial charge in [-0.3, -0.25) is 9.59 Å². The zero-order valence-electron chi connectivity index (χ0n) is 16.7. The van der Waals surface area contributed by atoms with Gasteiger partial charge in [-0.25, -0.2) is 0 Å². The predicted octanol–water partition coefficient (Wildman–Crippen LogP) is 2.11. The molecule has 0 radical (unpaired) electrons. The average Bonchev–Trinajstić information content (AvgIpc) is 3.05. The number of aromatic nitrogens is 1. The maximum Gasteiger partial charge on any atom is 0.243 e. The van der Waals surface area contributed by atoms with E-state index in [1.54, 1.807) is 0 Å². The molecule has 6 heteroatoms. The van der Waals surface area contributed by atoms with Crippen molar-refractivity contribution in [2.24, 2.45) is 5.92 Å². The molecule has 28 heavy (non-hydrogen) atoms. The Morgan fingerprint density at radius 3 is 2.54 bits per heavy atom. The molecule has 1 aromatic heterocycles. The van der Waals surface area contributed by atoms with Crippen LogP contribution in [0.5, 0.6) is 0 Å². The van der Waals surface area contributed by atoms with E-state index in [4.69, 9.17) is 0 Å². The van der Waals surface area contributed by atoms with Crippen molar-refractivity contribution in [1.82, 2.24) is 15.2 Å². The van der Waals surface area contributed by atoms with Crippen LogP contribution >= 0.6 is 0 Å². The fraction of sp³-hybridized carbons (Fsp3) is 0.455. The maximum absolute atomic E-state index is 12.6. The van der Waals surface area contributed by atoms with Gasteiger partial charge >= 0.3 is 0 Å². The Hall–Kier alpha value is -2.60. The molecule has 0 aliphatic carbocycles. The smallest absolute Gasteiger partial charge is 0.243 e. The third-order valence-electron chi connectivity index (χ3n) is 5.55. The Balaban J connectivity index is 1.85. The van der Waals surface area contributed by atoms with Gasteiger partial charge in [0.05, 0.1) is 5.54 Å². The number of aliphatic hydroxyl groups excluding tert-OH is 1. The molecule has 1 saturated heterocycles. The lowest BCUT2D eigenvalue weighted by atomic mass is 9.97. The number of piperazine rings is 1. The van der Waals surface area contributed by atoms with Crippen molar-refractivity contribution in [3.63, 3.8) is 0 Å². The quantitative estimate of drug-likeness (QED) is 0.641. The molecule has 3 atom stereocenters. The summed E-state index contributed by atoms with van der Waals surface area (Å²) in [6.45, 7) is 9.94. The topological polar surface area (TPSA) is 83.4 Å². The van der Waals surface area contributed by atoms with Gasteiger partial charge < -0.3 is 20.3 Å². The van der Waals surface area contributed by atoms with Crippen LogP contribution in [0.3, 0.4) is 0 Å². The molecule has 6 nitrogen and oxygen atoms in total. The van der Waals surface area contributed by atoms with E-state index in [0.717, 1.165) is 16.5 Å². The molecule has 150 valence electrons. The van der Waals surface area contributed by atoms with E-state index >= 15 is 0 Å². The van der Waals surface area contributed by atoms with Crippen molar-refractivity contribution < 1.29 is 14.7 Å². The van der Waals surface area contributed by atoms with Crippen molar-refractivity contribution >= 4 is 22.7 Å². The van der Waals surface area contributed by atoms with Gasteiger partial charge in [-0.2, -0.15) is 0 Å². The molecule has 2 aromatic rings. The predicted molar refractivity (Wildman–Crippen MR) is 110 cm³/mol. The minimum Gasteiger partial charge on any atom is -0.396 e. The summed E-state index contributed by atoms with van der Waals surface area (Å²) in [6.07, 6.45) is 4.78. The summed E-state index contributed by atoms with van der Waals surface area (Å²) in [5.41, 5.74) is 1.80. The normalized spacial score (nSPS) is 21.3. The lowest BCUT2D eigenvalue weighted by Crippen LogP contribution is -2.62. The molecule has 2 amide bonds. The molecule has 3 rings (SSSR count). The van der Waals surface area contributed by atoms with Crippen molar-refractivity contribution in [3.05, 3.63) is 48.7 Å². The minimum absolute atomic E-state index is 0.0122. The van der Waals surface area contributed by atoms with E-state index in [0.29, 0.717) is 12.8 Å². The third-order valence-corrected chi connectivity index (χ3v) is 5.55. The standard InChI is InChI=1S/C22H29N3O3/c1-5-22(3,4)25-12-15(16-8-6-7-9-19(16)25)11-18-21(28)23-17(20(27)24-18)10-14(2)13-26/h5-9,12,14,17-18,26H,1,10-11,13H2,2-4H3,(H,23,28)(H,24,27)/t14-,17+,18+/m1/s1. The van der Waals surface area contributed by atoms with Crippen LogP contribution in [-0.2, 0) is 21.5 Å². The number of carbonyl (C=O) groups excluding carboxylic acids is 2. The highest BCUT2D eigenvalue weighted by atomic mass is 16.3. The Labute approximate surface area is 165 Å². The van der Waals surface area contributed by atoms with Crippen LogP contribution in [0.4, 0.5) is 0 Å². The van der Waals surface area contributed by atoms with E-state index in [-0.39, 0.29) is 29.9 Å². The van der Waals surface area contributed by atoms with E-state index in [9.17, 15) is 14.7 Å². The summed E-state index contributed by atoms with van der Waals surface area (Å²) in [6, 6.07) is 6.85. The van der Waals surface area contributed by atoms with Gasteiger partial charge in [0.25, 0.3) is 0 Å². The third kappa shape index (κ3) is 3.83. The Morgan fingerprint density at radius 1 is 1.21 bits per heavy atom. The molecular weight excluding hydrogens is 354 g/mol. The van der Waals surface area contributed by atoms with Crippen LogP contribution in [0.2, 0.25) is 0 Å². The SMILES string of the molecule is C=CC(C)(C)n1cc(C[C@@H]2NC(=O)[C@H](C[C@@H](C)CO)NC2=O)c2ccccc21. The molecule has 1 aliphatic rings.